The van der Waals surface area contributed by atoms with Gasteiger partial charge in [-0.25, -0.2) is 5.43 Å². The third kappa shape index (κ3) is 4.18. The fraction of sp³-hybridized carbons (Fsp3) is 0.222. The molecule has 0 spiro atoms. The molecule has 0 saturated heterocycles. The Kier molecular flexibility index (Phi) is 5.34. The van der Waals surface area contributed by atoms with Gasteiger partial charge in [-0.3, -0.25) is 4.79 Å². The number of rotatable bonds is 4. The summed E-state index contributed by atoms with van der Waals surface area (Å²) >= 11 is 6.05. The van der Waals surface area contributed by atoms with Crippen LogP contribution >= 0.6 is 11.6 Å². The minimum absolute atomic E-state index is 0.319. The Labute approximate surface area is 136 Å². The summed E-state index contributed by atoms with van der Waals surface area (Å²) in [5.74, 6) is 0.175. The quantitative estimate of drug-likeness (QED) is 0.653. The Morgan fingerprint density at radius 3 is 2.45 bits per heavy atom. The Balaban J connectivity index is 2.01. The number of carbonyl (C=O) groups is 1. The molecule has 0 heterocycles. The fourth-order valence-corrected chi connectivity index (χ4v) is 2.32. The molecule has 2 aromatic carbocycles. The van der Waals surface area contributed by atoms with Crippen LogP contribution in [0.15, 0.2) is 47.6 Å². The van der Waals surface area contributed by atoms with E-state index in [-0.39, 0.29) is 5.91 Å². The molecular weight excluding hydrogens is 296 g/mol. The van der Waals surface area contributed by atoms with Gasteiger partial charge in [-0.05, 0) is 41.7 Å². The number of carbonyl (C=O) groups excluding carboxylic acids is 1. The van der Waals surface area contributed by atoms with Crippen LogP contribution in [0, 0.1) is 6.92 Å². The van der Waals surface area contributed by atoms with Gasteiger partial charge in [-0.2, -0.15) is 5.10 Å². The molecule has 4 heteroatoms. The zero-order valence-corrected chi connectivity index (χ0v) is 13.7. The topological polar surface area (TPSA) is 41.5 Å². The van der Waals surface area contributed by atoms with E-state index in [9.17, 15) is 4.79 Å². The van der Waals surface area contributed by atoms with Gasteiger partial charge in [0.25, 0.3) is 5.91 Å². The zero-order chi connectivity index (χ0) is 16.1. The molecule has 0 aliphatic carbocycles. The lowest BCUT2D eigenvalue weighted by Gasteiger charge is -2.05. The largest absolute Gasteiger partial charge is 0.272 e. The van der Waals surface area contributed by atoms with Gasteiger partial charge in [0.2, 0.25) is 0 Å². The Morgan fingerprint density at radius 2 is 1.86 bits per heavy atom. The van der Waals surface area contributed by atoms with Gasteiger partial charge in [0, 0.05) is 0 Å². The maximum atomic E-state index is 12.0. The molecule has 0 atom stereocenters. The van der Waals surface area contributed by atoms with Crippen molar-refractivity contribution < 1.29 is 4.79 Å². The van der Waals surface area contributed by atoms with Gasteiger partial charge >= 0.3 is 0 Å². The lowest BCUT2D eigenvalue weighted by Crippen LogP contribution is -2.18. The van der Waals surface area contributed by atoms with E-state index >= 15 is 0 Å². The molecule has 1 amide bonds. The number of amides is 1. The molecule has 0 saturated carbocycles. The molecule has 0 radical (unpaired) electrons. The minimum atomic E-state index is -0.319. The van der Waals surface area contributed by atoms with E-state index in [1.54, 1.807) is 18.3 Å². The molecule has 0 aromatic heterocycles. The molecule has 0 bridgehead atoms. The van der Waals surface area contributed by atoms with Crippen molar-refractivity contribution in [1.29, 1.82) is 0 Å². The number of hydrazone groups is 1. The fourth-order valence-electron chi connectivity index (χ4n) is 2.00. The Hall–Kier alpha value is -2.13. The van der Waals surface area contributed by atoms with E-state index in [4.69, 9.17) is 11.6 Å². The summed E-state index contributed by atoms with van der Waals surface area (Å²) in [6.07, 6.45) is 1.62. The summed E-state index contributed by atoms with van der Waals surface area (Å²) in [6, 6.07) is 13.4. The van der Waals surface area contributed by atoms with Gasteiger partial charge < -0.3 is 0 Å². The molecule has 22 heavy (non-hydrogen) atoms. The van der Waals surface area contributed by atoms with Crippen LogP contribution in [0.25, 0.3) is 0 Å². The first kappa shape index (κ1) is 16.2. The first-order chi connectivity index (χ1) is 10.5. The van der Waals surface area contributed by atoms with Gasteiger partial charge in [0.1, 0.15) is 0 Å². The monoisotopic (exact) mass is 314 g/mol. The second-order valence-electron chi connectivity index (χ2n) is 5.50. The highest BCUT2D eigenvalue weighted by Crippen LogP contribution is 2.17. The van der Waals surface area contributed by atoms with Crippen LogP contribution in [-0.2, 0) is 0 Å². The number of aryl methyl sites for hydroxylation is 1. The van der Waals surface area contributed by atoms with E-state index in [1.807, 2.05) is 25.1 Å². The number of halogens is 1. The summed E-state index contributed by atoms with van der Waals surface area (Å²) in [5, 5.41) is 4.40. The van der Waals surface area contributed by atoms with Crippen LogP contribution in [0.4, 0.5) is 0 Å². The second kappa shape index (κ2) is 7.23. The normalized spacial score (nSPS) is 11.1. The number of nitrogens with zero attached hydrogens (tertiary/aromatic N) is 1. The van der Waals surface area contributed by atoms with E-state index in [1.165, 1.54) is 5.56 Å². The van der Waals surface area contributed by atoms with Gasteiger partial charge in [0.05, 0.1) is 16.8 Å². The van der Waals surface area contributed by atoms with E-state index in [0.717, 1.165) is 11.1 Å². The maximum absolute atomic E-state index is 12.0. The van der Waals surface area contributed by atoms with Crippen molar-refractivity contribution in [2.24, 2.45) is 5.10 Å². The lowest BCUT2D eigenvalue weighted by molar-refractivity contribution is 0.0955. The second-order valence-corrected chi connectivity index (χ2v) is 5.91. The molecule has 114 valence electrons. The van der Waals surface area contributed by atoms with Gasteiger partial charge in [0.15, 0.2) is 0 Å². The summed E-state index contributed by atoms with van der Waals surface area (Å²) in [5.41, 5.74) is 6.12. The standard InChI is InChI=1S/C18H19ClN2O/c1-12(2)15-7-5-14(6-8-15)11-20-21-18(22)16-9-4-13(3)10-17(16)19/h4-12H,1-3H3,(H,21,22). The predicted octanol–water partition coefficient (Wildman–Crippen LogP) is 4.54. The van der Waals surface area contributed by atoms with Crippen molar-refractivity contribution in [3.05, 3.63) is 69.7 Å². The molecular formula is C18H19ClN2O. The Morgan fingerprint density at radius 1 is 1.18 bits per heavy atom. The van der Waals surface area contributed by atoms with Crippen molar-refractivity contribution in [2.45, 2.75) is 26.7 Å². The van der Waals surface area contributed by atoms with Crippen molar-refractivity contribution in [2.75, 3.05) is 0 Å². The van der Waals surface area contributed by atoms with Crippen molar-refractivity contribution in [3.8, 4) is 0 Å². The van der Waals surface area contributed by atoms with Gasteiger partial charge in [-0.15, -0.1) is 0 Å². The summed E-state index contributed by atoms with van der Waals surface area (Å²) < 4.78 is 0. The highest BCUT2D eigenvalue weighted by molar-refractivity contribution is 6.33. The molecule has 0 fully saturated rings. The minimum Gasteiger partial charge on any atom is -0.267 e. The van der Waals surface area contributed by atoms with Crippen LogP contribution < -0.4 is 5.43 Å². The number of benzene rings is 2. The number of hydrogen-bond donors (Lipinski definition) is 1. The molecule has 2 rings (SSSR count). The van der Waals surface area contributed by atoms with Crippen molar-refractivity contribution in [3.63, 3.8) is 0 Å². The highest BCUT2D eigenvalue weighted by atomic mass is 35.5. The van der Waals surface area contributed by atoms with Crippen LogP contribution in [0.3, 0.4) is 0 Å². The molecule has 2 aromatic rings. The summed E-state index contributed by atoms with van der Waals surface area (Å²) in [6.45, 7) is 6.22. The number of hydrogen-bond acceptors (Lipinski definition) is 2. The van der Waals surface area contributed by atoms with Crippen LogP contribution in [0.5, 0.6) is 0 Å². The van der Waals surface area contributed by atoms with E-state index in [0.29, 0.717) is 16.5 Å². The van der Waals surface area contributed by atoms with Crippen LogP contribution in [-0.4, -0.2) is 12.1 Å². The van der Waals surface area contributed by atoms with Gasteiger partial charge in [-0.1, -0.05) is 55.8 Å². The number of nitrogens with one attached hydrogen (secondary N) is 1. The van der Waals surface area contributed by atoms with E-state index in [2.05, 4.69) is 36.5 Å². The average molecular weight is 315 g/mol. The Bertz CT molecular complexity index is 691. The van der Waals surface area contributed by atoms with Crippen molar-refractivity contribution in [1.82, 2.24) is 5.43 Å². The predicted molar refractivity (Wildman–Crippen MR) is 91.8 cm³/mol. The molecule has 0 unspecified atom stereocenters. The zero-order valence-electron chi connectivity index (χ0n) is 12.9. The molecule has 1 N–H and O–H groups in total. The first-order valence-corrected chi connectivity index (χ1v) is 7.54. The van der Waals surface area contributed by atoms with Crippen molar-refractivity contribution >= 4 is 23.7 Å². The van der Waals surface area contributed by atoms with Crippen LogP contribution in [0.1, 0.15) is 46.8 Å². The molecule has 0 aliphatic rings. The third-order valence-corrected chi connectivity index (χ3v) is 3.66. The third-order valence-electron chi connectivity index (χ3n) is 3.35. The van der Waals surface area contributed by atoms with E-state index < -0.39 is 0 Å². The SMILES string of the molecule is Cc1ccc(C(=O)NN=Cc2ccc(C(C)C)cc2)c(Cl)c1. The smallest absolute Gasteiger partial charge is 0.267 e. The maximum Gasteiger partial charge on any atom is 0.272 e. The summed E-state index contributed by atoms with van der Waals surface area (Å²) in [7, 11) is 0. The summed E-state index contributed by atoms with van der Waals surface area (Å²) in [4.78, 5) is 12.0. The molecule has 3 nitrogen and oxygen atoms in total. The molecule has 0 aliphatic heterocycles. The first-order valence-electron chi connectivity index (χ1n) is 7.17. The van der Waals surface area contributed by atoms with Crippen LogP contribution in [0.2, 0.25) is 5.02 Å². The average Bonchev–Trinajstić information content (AvgIpc) is 2.47. The highest BCUT2D eigenvalue weighted by Gasteiger charge is 2.08. The lowest BCUT2D eigenvalue weighted by atomic mass is 10.0.